The molecule has 3 N–H and O–H groups in total. The fraction of sp³-hybridized carbons (Fsp3) is 0.115. The fourth-order valence-electron chi connectivity index (χ4n) is 3.40. The van der Waals surface area contributed by atoms with Crippen LogP contribution in [0.25, 0.3) is 5.69 Å². The Bertz CT molecular complexity index is 1360. The zero-order valence-electron chi connectivity index (χ0n) is 19.3. The number of aromatic nitrogens is 3. The van der Waals surface area contributed by atoms with Gasteiger partial charge in [0.1, 0.15) is 18.7 Å². The molecule has 1 aromatic heterocycles. The third-order valence-corrected chi connectivity index (χ3v) is 5.81. The average Bonchev–Trinajstić information content (AvgIpc) is 3.41. The Hall–Kier alpha value is -4.31. The summed E-state index contributed by atoms with van der Waals surface area (Å²) in [4.78, 5) is 42.0. The van der Waals surface area contributed by atoms with Gasteiger partial charge in [-0.25, -0.2) is 9.67 Å². The van der Waals surface area contributed by atoms with Crippen LogP contribution in [0.3, 0.4) is 0 Å². The zero-order chi connectivity index (χ0) is 25.5. The van der Waals surface area contributed by atoms with E-state index in [2.05, 4.69) is 42.0 Å². The smallest absolute Gasteiger partial charge is 0.254 e. The van der Waals surface area contributed by atoms with Crippen LogP contribution in [0.1, 0.15) is 22.8 Å². The summed E-state index contributed by atoms with van der Waals surface area (Å²) in [6, 6.07) is 20.3. The first-order chi connectivity index (χ1) is 17.4. The van der Waals surface area contributed by atoms with Crippen molar-refractivity contribution in [1.29, 1.82) is 0 Å². The maximum atomic E-state index is 12.9. The largest absolute Gasteiger partial charge is 0.340 e. The topological polar surface area (TPSA) is 118 Å². The van der Waals surface area contributed by atoms with Crippen LogP contribution in [-0.2, 0) is 16.0 Å². The van der Waals surface area contributed by atoms with Gasteiger partial charge in [0.25, 0.3) is 5.91 Å². The number of carbonyl (C=O) groups excluding carboxylic acids is 3. The summed E-state index contributed by atoms with van der Waals surface area (Å²) in [5.41, 5.74) is 2.85. The molecule has 0 saturated carbocycles. The van der Waals surface area contributed by atoms with Crippen LogP contribution in [-0.4, -0.2) is 38.5 Å². The maximum Gasteiger partial charge on any atom is 0.254 e. The van der Waals surface area contributed by atoms with E-state index >= 15 is 0 Å². The van der Waals surface area contributed by atoms with Crippen molar-refractivity contribution in [1.82, 2.24) is 20.1 Å². The molecule has 0 saturated heterocycles. The van der Waals surface area contributed by atoms with Crippen LogP contribution in [0.4, 0.5) is 11.4 Å². The first-order valence-electron chi connectivity index (χ1n) is 11.1. The van der Waals surface area contributed by atoms with Gasteiger partial charge in [0.15, 0.2) is 0 Å². The summed E-state index contributed by atoms with van der Waals surface area (Å²) in [5.74, 6) is -1.11. The number of anilines is 2. The minimum absolute atomic E-state index is 0.164. The van der Waals surface area contributed by atoms with Crippen LogP contribution in [0.5, 0.6) is 0 Å². The second-order valence-corrected chi connectivity index (χ2v) is 8.88. The molecule has 0 bridgehead atoms. The summed E-state index contributed by atoms with van der Waals surface area (Å²) in [5, 5.41) is 12.3. The third kappa shape index (κ3) is 6.42. The molecule has 0 spiro atoms. The molecular weight excluding hydrogens is 524 g/mol. The van der Waals surface area contributed by atoms with Gasteiger partial charge in [0.2, 0.25) is 11.8 Å². The Labute approximate surface area is 216 Å². The second kappa shape index (κ2) is 11.4. The lowest BCUT2D eigenvalue weighted by Crippen LogP contribution is -2.41. The van der Waals surface area contributed by atoms with E-state index in [1.54, 1.807) is 66.5 Å². The molecular formula is C26H23BrN6O3. The highest BCUT2D eigenvalue weighted by Crippen LogP contribution is 2.17. The van der Waals surface area contributed by atoms with Crippen molar-refractivity contribution in [3.8, 4) is 5.69 Å². The summed E-state index contributed by atoms with van der Waals surface area (Å²) in [7, 11) is 0. The zero-order valence-corrected chi connectivity index (χ0v) is 20.9. The van der Waals surface area contributed by atoms with E-state index < -0.39 is 11.9 Å². The Kier molecular flexibility index (Phi) is 7.86. The van der Waals surface area contributed by atoms with Crippen molar-refractivity contribution in [3.05, 3.63) is 101 Å². The average molecular weight is 547 g/mol. The maximum absolute atomic E-state index is 12.9. The number of halogens is 1. The van der Waals surface area contributed by atoms with E-state index in [0.29, 0.717) is 11.4 Å². The van der Waals surface area contributed by atoms with Crippen LogP contribution in [0, 0.1) is 0 Å². The van der Waals surface area contributed by atoms with Crippen LogP contribution in [0.15, 0.2) is 89.9 Å². The lowest BCUT2D eigenvalue weighted by atomic mass is 10.1. The van der Waals surface area contributed by atoms with Gasteiger partial charge in [-0.15, -0.1) is 0 Å². The predicted molar refractivity (Wildman–Crippen MR) is 140 cm³/mol. The van der Waals surface area contributed by atoms with Crippen molar-refractivity contribution < 1.29 is 14.4 Å². The number of hydrogen-bond donors (Lipinski definition) is 3. The molecule has 1 atom stereocenters. The fourth-order valence-corrected chi connectivity index (χ4v) is 3.67. The predicted octanol–water partition coefficient (Wildman–Crippen LogP) is 3.97. The molecule has 9 nitrogen and oxygen atoms in total. The Morgan fingerprint density at radius 2 is 1.67 bits per heavy atom. The van der Waals surface area contributed by atoms with Gasteiger partial charge in [0.05, 0.1) is 23.4 Å². The number of nitrogens with one attached hydrogen (secondary N) is 3. The molecule has 10 heteroatoms. The summed E-state index contributed by atoms with van der Waals surface area (Å²) in [6.45, 7) is 1.59. The number of rotatable bonds is 8. The molecule has 0 aliphatic rings. The van der Waals surface area contributed by atoms with Crippen molar-refractivity contribution in [3.63, 3.8) is 0 Å². The Morgan fingerprint density at radius 1 is 0.944 bits per heavy atom. The van der Waals surface area contributed by atoms with E-state index in [-0.39, 0.29) is 23.8 Å². The Balaban J connectivity index is 1.35. The standard InChI is InChI=1S/C26H23BrN6O3/c1-17(25(35)31-20-10-12-21(13-11-20)33-16-28-15-29-33)30-26(36)22-4-2-3-5-23(22)32-24(34)14-18-6-8-19(27)9-7-18/h2-13,15-17H,14H2,1H3,(H,30,36)(H,31,35)(H,32,34). The monoisotopic (exact) mass is 546 g/mol. The number of amides is 3. The normalized spacial score (nSPS) is 11.4. The highest BCUT2D eigenvalue weighted by molar-refractivity contribution is 9.10. The highest BCUT2D eigenvalue weighted by Gasteiger charge is 2.19. The quantitative estimate of drug-likeness (QED) is 0.309. The summed E-state index contributed by atoms with van der Waals surface area (Å²) < 4.78 is 2.53. The van der Waals surface area contributed by atoms with E-state index in [1.165, 1.54) is 6.33 Å². The van der Waals surface area contributed by atoms with E-state index in [4.69, 9.17) is 0 Å². The molecule has 1 unspecified atom stereocenters. The van der Waals surface area contributed by atoms with Gasteiger partial charge in [-0.05, 0) is 61.0 Å². The number of benzene rings is 3. The molecule has 1 heterocycles. The highest BCUT2D eigenvalue weighted by atomic mass is 79.9. The lowest BCUT2D eigenvalue weighted by molar-refractivity contribution is -0.117. The summed E-state index contributed by atoms with van der Waals surface area (Å²) in [6.07, 6.45) is 3.18. The van der Waals surface area contributed by atoms with E-state index in [9.17, 15) is 14.4 Å². The molecule has 3 aromatic carbocycles. The molecule has 36 heavy (non-hydrogen) atoms. The van der Waals surface area contributed by atoms with Crippen molar-refractivity contribution >= 4 is 45.0 Å². The minimum Gasteiger partial charge on any atom is -0.340 e. The van der Waals surface area contributed by atoms with Gasteiger partial charge in [-0.1, -0.05) is 40.2 Å². The van der Waals surface area contributed by atoms with Gasteiger partial charge in [0, 0.05) is 10.2 Å². The van der Waals surface area contributed by atoms with Crippen LogP contribution < -0.4 is 16.0 Å². The van der Waals surface area contributed by atoms with E-state index in [1.807, 2.05) is 24.3 Å². The van der Waals surface area contributed by atoms with Gasteiger partial charge < -0.3 is 16.0 Å². The number of para-hydroxylation sites is 1. The number of hydrogen-bond acceptors (Lipinski definition) is 5. The second-order valence-electron chi connectivity index (χ2n) is 7.97. The molecule has 0 fully saturated rings. The molecule has 4 rings (SSSR count). The molecule has 4 aromatic rings. The number of carbonyl (C=O) groups is 3. The molecule has 0 radical (unpaired) electrons. The first-order valence-corrected chi connectivity index (χ1v) is 11.9. The van der Waals surface area contributed by atoms with Crippen molar-refractivity contribution in [2.75, 3.05) is 10.6 Å². The Morgan fingerprint density at radius 3 is 2.36 bits per heavy atom. The SMILES string of the molecule is CC(NC(=O)c1ccccc1NC(=O)Cc1ccc(Br)cc1)C(=O)Nc1ccc(-n2cncn2)cc1. The first kappa shape index (κ1) is 24.8. The van der Waals surface area contributed by atoms with Gasteiger partial charge >= 0.3 is 0 Å². The van der Waals surface area contributed by atoms with Crippen molar-refractivity contribution in [2.24, 2.45) is 0 Å². The minimum atomic E-state index is -0.820. The van der Waals surface area contributed by atoms with Gasteiger partial charge in [-0.2, -0.15) is 5.10 Å². The van der Waals surface area contributed by atoms with E-state index in [0.717, 1.165) is 15.7 Å². The molecule has 182 valence electrons. The molecule has 0 aliphatic carbocycles. The van der Waals surface area contributed by atoms with Gasteiger partial charge in [-0.3, -0.25) is 14.4 Å². The lowest BCUT2D eigenvalue weighted by Gasteiger charge is -2.16. The van der Waals surface area contributed by atoms with Crippen molar-refractivity contribution in [2.45, 2.75) is 19.4 Å². The summed E-state index contributed by atoms with van der Waals surface area (Å²) >= 11 is 3.37. The third-order valence-electron chi connectivity index (χ3n) is 5.28. The molecule has 3 amide bonds. The van der Waals surface area contributed by atoms with Crippen LogP contribution in [0.2, 0.25) is 0 Å². The molecule has 0 aliphatic heterocycles. The number of nitrogens with zero attached hydrogens (tertiary/aromatic N) is 3. The van der Waals surface area contributed by atoms with Crippen LogP contribution >= 0.6 is 15.9 Å².